The monoisotopic (exact) mass is 306 g/mol. The maximum atomic E-state index is 13.8. The molecule has 0 atom stereocenters. The Morgan fingerprint density at radius 2 is 1.90 bits per heavy atom. The molecule has 0 bridgehead atoms. The Bertz CT molecular complexity index is 668. The number of methoxy groups -OCH3 is 1. The Morgan fingerprint density at radius 3 is 2.62 bits per heavy atom. The first-order chi connectivity index (χ1) is 10.0. The maximum absolute atomic E-state index is 13.8. The minimum Gasteiger partial charge on any atom is -0.496 e. The number of halogens is 2. The van der Waals surface area contributed by atoms with Gasteiger partial charge in [0, 0.05) is 18.4 Å². The summed E-state index contributed by atoms with van der Waals surface area (Å²) in [7, 11) is 1.56. The van der Waals surface area contributed by atoms with E-state index in [1.165, 1.54) is 6.07 Å². The summed E-state index contributed by atoms with van der Waals surface area (Å²) < 4.78 is 19.0. The van der Waals surface area contributed by atoms with Crippen LogP contribution in [0.5, 0.6) is 5.75 Å². The van der Waals surface area contributed by atoms with Crippen molar-refractivity contribution in [2.75, 3.05) is 7.11 Å². The van der Waals surface area contributed by atoms with Gasteiger partial charge in [-0.3, -0.25) is 4.79 Å². The number of Topliss-reactive ketones (excluding diaryl/α,β-unsaturated/α-hetero) is 1. The summed E-state index contributed by atoms with van der Waals surface area (Å²) in [5.74, 6) is 0.0595. The highest BCUT2D eigenvalue weighted by molar-refractivity contribution is 6.30. The molecule has 2 rings (SSSR count). The van der Waals surface area contributed by atoms with Crippen LogP contribution >= 0.6 is 11.6 Å². The van der Waals surface area contributed by atoms with E-state index in [1.54, 1.807) is 19.2 Å². The van der Waals surface area contributed by atoms with Gasteiger partial charge in [-0.2, -0.15) is 0 Å². The van der Waals surface area contributed by atoms with Gasteiger partial charge in [0.15, 0.2) is 0 Å². The smallest absolute Gasteiger partial charge is 0.145 e. The number of hydrogen-bond acceptors (Lipinski definition) is 2. The molecule has 2 nitrogen and oxygen atoms in total. The van der Waals surface area contributed by atoms with Crippen molar-refractivity contribution in [2.45, 2.75) is 19.8 Å². The van der Waals surface area contributed by atoms with Crippen molar-refractivity contribution < 1.29 is 13.9 Å². The fraction of sp³-hybridized carbons (Fsp3) is 0.235. The zero-order chi connectivity index (χ0) is 15.4. The van der Waals surface area contributed by atoms with Crippen LogP contribution in [0, 0.1) is 12.7 Å². The molecule has 0 saturated carbocycles. The first kappa shape index (κ1) is 15.5. The normalized spacial score (nSPS) is 10.5. The number of carbonyl (C=O) groups excluding carboxylic acids is 1. The third-order valence-corrected chi connectivity index (χ3v) is 3.53. The van der Waals surface area contributed by atoms with Gasteiger partial charge in [-0.25, -0.2) is 4.39 Å². The van der Waals surface area contributed by atoms with Crippen LogP contribution in [0.1, 0.15) is 16.7 Å². The summed E-state index contributed by atoms with van der Waals surface area (Å²) >= 11 is 5.72. The summed E-state index contributed by atoms with van der Waals surface area (Å²) in [4.78, 5) is 12.2. The molecule has 2 aromatic carbocycles. The van der Waals surface area contributed by atoms with E-state index in [9.17, 15) is 9.18 Å². The number of rotatable bonds is 5. The molecule has 0 fully saturated rings. The summed E-state index contributed by atoms with van der Waals surface area (Å²) in [6.07, 6.45) is 0.223. The van der Waals surface area contributed by atoms with Crippen molar-refractivity contribution in [2.24, 2.45) is 0 Å². The van der Waals surface area contributed by atoms with Gasteiger partial charge in [-0.15, -0.1) is 0 Å². The Morgan fingerprint density at radius 1 is 1.19 bits per heavy atom. The highest BCUT2D eigenvalue weighted by Crippen LogP contribution is 2.22. The second-order valence-electron chi connectivity index (χ2n) is 4.92. The first-order valence-electron chi connectivity index (χ1n) is 6.59. The minimum atomic E-state index is -0.524. The molecule has 21 heavy (non-hydrogen) atoms. The molecule has 0 spiro atoms. The molecule has 110 valence electrons. The van der Waals surface area contributed by atoms with Crippen LogP contribution < -0.4 is 4.74 Å². The van der Waals surface area contributed by atoms with Crippen molar-refractivity contribution in [1.29, 1.82) is 0 Å². The van der Waals surface area contributed by atoms with Gasteiger partial charge in [0.05, 0.1) is 12.1 Å². The SMILES string of the molecule is COc1ccc(C)cc1CC(=O)Cc1cccc(Cl)c1F. The zero-order valence-corrected chi connectivity index (χ0v) is 12.7. The number of benzene rings is 2. The lowest BCUT2D eigenvalue weighted by Crippen LogP contribution is -2.09. The van der Waals surface area contributed by atoms with Gasteiger partial charge in [-0.1, -0.05) is 41.4 Å². The molecule has 0 aliphatic carbocycles. The third kappa shape index (κ3) is 3.82. The van der Waals surface area contributed by atoms with Crippen LogP contribution in [0.15, 0.2) is 36.4 Å². The Balaban J connectivity index is 2.15. The van der Waals surface area contributed by atoms with E-state index in [2.05, 4.69) is 0 Å². The summed E-state index contributed by atoms with van der Waals surface area (Å²) in [5, 5.41) is 0.0356. The van der Waals surface area contributed by atoms with Gasteiger partial charge >= 0.3 is 0 Å². The average molecular weight is 307 g/mol. The Labute approximate surface area is 128 Å². The van der Waals surface area contributed by atoms with E-state index in [1.807, 2.05) is 25.1 Å². The number of hydrogen-bond donors (Lipinski definition) is 0. The lowest BCUT2D eigenvalue weighted by Gasteiger charge is -2.09. The molecule has 0 heterocycles. The van der Waals surface area contributed by atoms with Crippen molar-refractivity contribution in [1.82, 2.24) is 0 Å². The molecule has 0 aliphatic rings. The number of aryl methyl sites for hydroxylation is 1. The molecule has 0 aliphatic heterocycles. The summed E-state index contributed by atoms with van der Waals surface area (Å²) in [6, 6.07) is 10.3. The summed E-state index contributed by atoms with van der Waals surface area (Å²) in [6.45, 7) is 1.95. The molecule has 4 heteroatoms. The molecule has 0 saturated heterocycles. The molecule has 0 unspecified atom stereocenters. The van der Waals surface area contributed by atoms with E-state index in [0.717, 1.165) is 11.1 Å². The molecular weight excluding hydrogens is 291 g/mol. The number of ether oxygens (including phenoxy) is 1. The standard InChI is InChI=1S/C17H16ClFO2/c1-11-6-7-16(21-2)13(8-11)10-14(20)9-12-4-3-5-15(18)17(12)19/h3-8H,9-10H2,1-2H3. The van der Waals surface area contributed by atoms with Crippen LogP contribution in [0.2, 0.25) is 5.02 Å². The fourth-order valence-corrected chi connectivity index (χ4v) is 2.41. The number of carbonyl (C=O) groups is 1. The van der Waals surface area contributed by atoms with Crippen LogP contribution in [0.25, 0.3) is 0 Å². The third-order valence-electron chi connectivity index (χ3n) is 3.24. The van der Waals surface area contributed by atoms with Crippen molar-refractivity contribution >= 4 is 17.4 Å². The predicted octanol–water partition coefficient (Wildman–Crippen LogP) is 4.15. The lowest BCUT2D eigenvalue weighted by molar-refractivity contribution is -0.117. The topological polar surface area (TPSA) is 26.3 Å². The van der Waals surface area contributed by atoms with Crippen molar-refractivity contribution in [3.63, 3.8) is 0 Å². The second kappa shape index (κ2) is 6.72. The van der Waals surface area contributed by atoms with Crippen LogP contribution in [-0.2, 0) is 17.6 Å². The van der Waals surface area contributed by atoms with Gasteiger partial charge in [0.1, 0.15) is 17.3 Å². The van der Waals surface area contributed by atoms with E-state index in [4.69, 9.17) is 16.3 Å². The van der Waals surface area contributed by atoms with Gasteiger partial charge < -0.3 is 4.74 Å². The van der Waals surface area contributed by atoms with E-state index < -0.39 is 5.82 Å². The van der Waals surface area contributed by atoms with E-state index >= 15 is 0 Å². The molecule has 0 radical (unpaired) electrons. The Hall–Kier alpha value is -1.87. The zero-order valence-electron chi connectivity index (χ0n) is 12.0. The van der Waals surface area contributed by atoms with Crippen LogP contribution in [-0.4, -0.2) is 12.9 Å². The highest BCUT2D eigenvalue weighted by Gasteiger charge is 2.13. The molecular formula is C17H16ClFO2. The number of ketones is 1. The fourth-order valence-electron chi connectivity index (χ4n) is 2.22. The quantitative estimate of drug-likeness (QED) is 0.829. The maximum Gasteiger partial charge on any atom is 0.145 e. The average Bonchev–Trinajstić information content (AvgIpc) is 2.44. The van der Waals surface area contributed by atoms with E-state index in [0.29, 0.717) is 11.3 Å². The van der Waals surface area contributed by atoms with Crippen LogP contribution in [0.3, 0.4) is 0 Å². The second-order valence-corrected chi connectivity index (χ2v) is 5.33. The van der Waals surface area contributed by atoms with Crippen LogP contribution in [0.4, 0.5) is 4.39 Å². The summed E-state index contributed by atoms with van der Waals surface area (Å²) in [5.41, 5.74) is 2.18. The lowest BCUT2D eigenvalue weighted by atomic mass is 10.0. The van der Waals surface area contributed by atoms with E-state index in [-0.39, 0.29) is 23.6 Å². The minimum absolute atomic E-state index is 0.0174. The van der Waals surface area contributed by atoms with Gasteiger partial charge in [-0.05, 0) is 24.6 Å². The predicted molar refractivity (Wildman–Crippen MR) is 81.6 cm³/mol. The Kier molecular flexibility index (Phi) is 4.97. The molecule has 0 amide bonds. The van der Waals surface area contributed by atoms with Crippen molar-refractivity contribution in [3.05, 3.63) is 63.9 Å². The largest absolute Gasteiger partial charge is 0.496 e. The van der Waals surface area contributed by atoms with Gasteiger partial charge in [0.2, 0.25) is 0 Å². The highest BCUT2D eigenvalue weighted by atomic mass is 35.5. The van der Waals surface area contributed by atoms with Gasteiger partial charge in [0.25, 0.3) is 0 Å². The molecule has 0 N–H and O–H groups in total. The molecule has 0 aromatic heterocycles. The van der Waals surface area contributed by atoms with Crippen molar-refractivity contribution in [3.8, 4) is 5.75 Å². The molecule has 2 aromatic rings. The first-order valence-corrected chi connectivity index (χ1v) is 6.97.